The van der Waals surface area contributed by atoms with Crippen LogP contribution in [0.15, 0.2) is 72.8 Å². The first kappa shape index (κ1) is 25.6. The molecule has 2 aliphatic rings. The second-order valence-corrected chi connectivity index (χ2v) is 11.7. The number of halogens is 4. The maximum absolute atomic E-state index is 14.4. The van der Waals surface area contributed by atoms with Crippen LogP contribution in [0.4, 0.5) is 17.6 Å². The van der Waals surface area contributed by atoms with Crippen LogP contribution < -0.4 is 4.74 Å². The Morgan fingerprint density at radius 3 is 1.64 bits per heavy atom. The second kappa shape index (κ2) is 7.92. The Morgan fingerprint density at radius 2 is 1.10 bits per heavy atom. The van der Waals surface area contributed by atoms with Gasteiger partial charge in [0.2, 0.25) is 0 Å². The minimum Gasteiger partial charge on any atom is -0.427 e. The number of benzene rings is 4. The van der Waals surface area contributed by atoms with Crippen molar-refractivity contribution in [3.63, 3.8) is 0 Å². The molecule has 0 bridgehead atoms. The monoisotopic (exact) mass is 554 g/mol. The fourth-order valence-corrected chi connectivity index (χ4v) is 6.32. The van der Waals surface area contributed by atoms with Gasteiger partial charge in [0, 0.05) is 0 Å². The lowest BCUT2D eigenvalue weighted by atomic mass is 9.70. The smallest absolute Gasteiger partial charge is 0.427 e. The summed E-state index contributed by atoms with van der Waals surface area (Å²) in [7, 11) is -6.45. The minimum absolute atomic E-state index is 0.499. The van der Waals surface area contributed by atoms with Crippen molar-refractivity contribution in [2.75, 3.05) is 0 Å². The van der Waals surface area contributed by atoms with Crippen molar-refractivity contribution < 1.29 is 35.3 Å². The summed E-state index contributed by atoms with van der Waals surface area (Å²) in [5.41, 5.74) is 9.18. The van der Waals surface area contributed by atoms with Gasteiger partial charge in [-0.05, 0) is 77.4 Å². The number of aryl methyl sites for hydroxylation is 3. The Bertz CT molecular complexity index is 1760. The number of hydrogen-bond donors (Lipinski definition) is 1. The van der Waals surface area contributed by atoms with Gasteiger partial charge < -0.3 is 4.74 Å². The van der Waals surface area contributed by atoms with Gasteiger partial charge in [-0.25, -0.2) is 0 Å². The molecule has 0 amide bonds. The molecule has 200 valence electrons. The van der Waals surface area contributed by atoms with Crippen LogP contribution in [-0.2, 0) is 15.5 Å². The van der Waals surface area contributed by atoms with Crippen molar-refractivity contribution in [1.29, 1.82) is 0 Å². The first-order valence-corrected chi connectivity index (χ1v) is 13.5. The Balaban J connectivity index is 1.63. The summed E-state index contributed by atoms with van der Waals surface area (Å²) in [5, 5.41) is -5.85. The molecule has 2 aliphatic carbocycles. The molecule has 1 N–H and O–H groups in total. The molecule has 4 aromatic carbocycles. The molecule has 6 rings (SSSR count). The summed E-state index contributed by atoms with van der Waals surface area (Å²) >= 11 is 0. The van der Waals surface area contributed by atoms with Crippen LogP contribution in [0.3, 0.4) is 0 Å². The summed E-state index contributed by atoms with van der Waals surface area (Å²) in [6.07, 6.45) is -5.53. The maximum atomic E-state index is 14.4. The van der Waals surface area contributed by atoms with E-state index in [1.165, 1.54) is 6.07 Å². The molecule has 39 heavy (non-hydrogen) atoms. The summed E-state index contributed by atoms with van der Waals surface area (Å²) in [5.74, 6) is -0.668. The van der Waals surface area contributed by atoms with Crippen LogP contribution in [0, 0.1) is 20.8 Å². The van der Waals surface area contributed by atoms with Crippen LogP contribution in [0.5, 0.6) is 5.75 Å². The number of hydrogen-bond acceptors (Lipinski definition) is 3. The molecule has 0 saturated carbocycles. The molecule has 0 atom stereocenters. The Labute approximate surface area is 222 Å². The van der Waals surface area contributed by atoms with Gasteiger partial charge in [-0.15, -0.1) is 0 Å². The zero-order valence-corrected chi connectivity index (χ0v) is 21.8. The van der Waals surface area contributed by atoms with Crippen molar-refractivity contribution in [3.05, 3.63) is 112 Å². The molecule has 0 heterocycles. The third-order valence-electron chi connectivity index (χ3n) is 7.62. The first-order chi connectivity index (χ1) is 18.2. The summed E-state index contributed by atoms with van der Waals surface area (Å²) in [6.45, 7) is 5.86. The van der Waals surface area contributed by atoms with E-state index in [-0.39, 0.29) is 0 Å². The van der Waals surface area contributed by atoms with E-state index >= 15 is 0 Å². The van der Waals surface area contributed by atoms with Gasteiger partial charge in [0.15, 0.2) is 0 Å². The zero-order chi connectivity index (χ0) is 28.1. The van der Waals surface area contributed by atoms with Crippen molar-refractivity contribution in [2.24, 2.45) is 0 Å². The highest BCUT2D eigenvalue weighted by Gasteiger charge is 2.69. The summed E-state index contributed by atoms with van der Waals surface area (Å²) in [4.78, 5) is 0. The molecule has 4 nitrogen and oxygen atoms in total. The topological polar surface area (TPSA) is 63.6 Å². The van der Waals surface area contributed by atoms with E-state index < -0.39 is 32.6 Å². The predicted octanol–water partition coefficient (Wildman–Crippen LogP) is 7.41. The third kappa shape index (κ3) is 3.36. The van der Waals surface area contributed by atoms with E-state index in [0.717, 1.165) is 61.7 Å². The van der Waals surface area contributed by atoms with Gasteiger partial charge >= 0.3 is 21.5 Å². The lowest BCUT2D eigenvalue weighted by Gasteiger charge is -2.31. The van der Waals surface area contributed by atoms with Crippen molar-refractivity contribution >= 4 is 10.1 Å². The number of fused-ring (bicyclic) bond motifs is 10. The lowest BCUT2D eigenvalue weighted by molar-refractivity contribution is -0.274. The molecule has 0 unspecified atom stereocenters. The fourth-order valence-electron chi connectivity index (χ4n) is 5.98. The predicted molar refractivity (Wildman–Crippen MR) is 139 cm³/mol. The molecule has 0 aromatic heterocycles. The minimum atomic E-state index is -6.45. The SMILES string of the molecule is Cc1ccc2c(c1)-c1cc(OC(F)(F)C(F)(F)S(=O)(=O)O)ccc1C21c2cc(C)ccc2-c2ccc(C)cc21. The molecule has 9 heteroatoms. The van der Waals surface area contributed by atoms with Crippen molar-refractivity contribution in [2.45, 2.75) is 37.5 Å². The van der Waals surface area contributed by atoms with E-state index in [2.05, 4.69) is 29.0 Å². The standard InChI is InChI=1S/C30H22F4O4S/c1-16-6-10-24-22(12-16)23-15-19(38-29(31,32)30(33,34)39(35,36)37)7-11-25(23)28(24)26-13-17(2)4-8-20(26)21-9-5-18(3)14-27(21)28/h4-15H,1-3H3,(H,35,36,37). The van der Waals surface area contributed by atoms with Gasteiger partial charge in [0.1, 0.15) is 5.75 Å². The van der Waals surface area contributed by atoms with E-state index in [9.17, 15) is 26.0 Å². The zero-order valence-electron chi connectivity index (χ0n) is 21.0. The third-order valence-corrected chi connectivity index (χ3v) is 8.51. The van der Waals surface area contributed by atoms with Crippen LogP contribution in [0.25, 0.3) is 22.3 Å². The first-order valence-electron chi connectivity index (χ1n) is 12.1. The largest absolute Gasteiger partial charge is 0.483 e. The highest BCUT2D eigenvalue weighted by molar-refractivity contribution is 7.87. The van der Waals surface area contributed by atoms with Crippen molar-refractivity contribution in [1.82, 2.24) is 0 Å². The summed E-state index contributed by atoms with van der Waals surface area (Å²) < 4.78 is 91.5. The van der Waals surface area contributed by atoms with Gasteiger partial charge in [-0.1, -0.05) is 77.4 Å². The molecule has 0 saturated heterocycles. The Kier molecular flexibility index (Phi) is 5.20. The van der Waals surface area contributed by atoms with E-state index in [1.807, 2.05) is 51.1 Å². The second-order valence-electron chi connectivity index (χ2n) is 10.2. The van der Waals surface area contributed by atoms with Gasteiger partial charge in [-0.3, -0.25) is 4.55 Å². The molecular weight excluding hydrogens is 532 g/mol. The van der Waals surface area contributed by atoms with Crippen LogP contribution in [0.2, 0.25) is 0 Å². The van der Waals surface area contributed by atoms with E-state index in [1.54, 1.807) is 6.07 Å². The van der Waals surface area contributed by atoms with Gasteiger partial charge in [0.05, 0.1) is 5.41 Å². The molecule has 4 aromatic rings. The maximum Gasteiger partial charge on any atom is 0.483 e. The lowest BCUT2D eigenvalue weighted by Crippen LogP contribution is -2.50. The number of rotatable bonds is 4. The van der Waals surface area contributed by atoms with Gasteiger partial charge in [0.25, 0.3) is 0 Å². The average Bonchev–Trinajstić information content (AvgIpc) is 3.28. The normalized spacial score (nSPS) is 15.1. The number of ether oxygens (including phenoxy) is 1. The fraction of sp³-hybridized carbons (Fsp3) is 0.200. The van der Waals surface area contributed by atoms with Crippen molar-refractivity contribution in [3.8, 4) is 28.0 Å². The molecule has 1 spiro atoms. The van der Waals surface area contributed by atoms with Gasteiger partial charge in [-0.2, -0.15) is 26.0 Å². The molecule has 0 aliphatic heterocycles. The molecule has 0 fully saturated rings. The molecule has 0 radical (unpaired) electrons. The summed E-state index contributed by atoms with van der Waals surface area (Å²) in [6, 6.07) is 22.2. The van der Waals surface area contributed by atoms with Crippen LogP contribution in [-0.4, -0.2) is 24.3 Å². The number of alkyl halides is 4. The van der Waals surface area contributed by atoms with Crippen LogP contribution in [0.1, 0.15) is 38.9 Å². The Hall–Kier alpha value is -3.69. The highest BCUT2D eigenvalue weighted by atomic mass is 32.2. The van der Waals surface area contributed by atoms with E-state index in [4.69, 9.17) is 4.55 Å². The van der Waals surface area contributed by atoms with Crippen LogP contribution >= 0.6 is 0 Å². The quantitative estimate of drug-likeness (QED) is 0.182. The average molecular weight is 555 g/mol. The van der Waals surface area contributed by atoms with E-state index in [0.29, 0.717) is 5.56 Å². The molecular formula is C30H22F4O4S. The Morgan fingerprint density at radius 1 is 0.641 bits per heavy atom. The highest BCUT2D eigenvalue weighted by Crippen LogP contribution is 2.63.